The smallest absolute Gasteiger partial charge is 0.312 e. The molecule has 7 heteroatoms. The minimum atomic E-state index is -4.16. The van der Waals surface area contributed by atoms with Gasteiger partial charge < -0.3 is 10.2 Å². The Morgan fingerprint density at radius 1 is 1.47 bits per heavy atom. The van der Waals surface area contributed by atoms with E-state index in [1.807, 2.05) is 6.08 Å². The number of hydrogen-bond acceptors (Lipinski definition) is 5. The van der Waals surface area contributed by atoms with E-state index in [4.69, 9.17) is 4.55 Å². The fourth-order valence-electron chi connectivity index (χ4n) is 1.45. The number of hydrogen-bond donors (Lipinski definition) is 2. The fraction of sp³-hybridized carbons (Fsp3) is 0.800. The molecule has 1 fully saturated rings. The van der Waals surface area contributed by atoms with Crippen LogP contribution in [0.1, 0.15) is 12.8 Å². The van der Waals surface area contributed by atoms with Gasteiger partial charge in [0.2, 0.25) is 0 Å². The van der Waals surface area contributed by atoms with Gasteiger partial charge in [-0.25, -0.2) is 0 Å². The van der Waals surface area contributed by atoms with E-state index in [2.05, 4.69) is 21.0 Å². The van der Waals surface area contributed by atoms with Gasteiger partial charge in [-0.15, -0.1) is 6.58 Å². The van der Waals surface area contributed by atoms with Crippen molar-refractivity contribution in [3.05, 3.63) is 12.7 Å². The molecule has 1 saturated heterocycles. The summed E-state index contributed by atoms with van der Waals surface area (Å²) in [5.41, 5.74) is 0. The Morgan fingerprint density at radius 3 is 2.41 bits per heavy atom. The predicted molar refractivity (Wildman–Crippen MR) is 67.3 cm³/mol. The van der Waals surface area contributed by atoms with Crippen molar-refractivity contribution in [3.8, 4) is 0 Å². The minimum absolute atomic E-state index is 0.870. The second-order valence-corrected chi connectivity index (χ2v) is 4.82. The molecule has 0 saturated carbocycles. The predicted octanol–water partition coefficient (Wildman–Crippen LogP) is 0.293. The summed E-state index contributed by atoms with van der Waals surface area (Å²) in [6.45, 7) is 9.50. The SMILES string of the molecule is C=CCNCCN1CCCC1.COS(=O)(=O)O. The summed E-state index contributed by atoms with van der Waals surface area (Å²) in [6, 6.07) is 0. The van der Waals surface area contributed by atoms with E-state index in [1.54, 1.807) is 0 Å². The number of likely N-dealkylation sites (tertiary alicyclic amines) is 1. The standard InChI is InChI=1S/C9H18N2.CH4O4S/c1-2-5-10-6-9-11-7-3-4-8-11;1-5-6(2,3)4/h2,10H,1,3-9H2;1H3,(H,2,3,4). The average molecular weight is 266 g/mol. The van der Waals surface area contributed by atoms with Crippen LogP contribution in [0.25, 0.3) is 0 Å². The monoisotopic (exact) mass is 266 g/mol. The fourth-order valence-corrected chi connectivity index (χ4v) is 1.45. The van der Waals surface area contributed by atoms with Gasteiger partial charge in [0.1, 0.15) is 0 Å². The van der Waals surface area contributed by atoms with E-state index < -0.39 is 10.4 Å². The Hall–Kier alpha value is -0.470. The molecule has 17 heavy (non-hydrogen) atoms. The van der Waals surface area contributed by atoms with Crippen LogP contribution in [0.3, 0.4) is 0 Å². The molecule has 1 rings (SSSR count). The van der Waals surface area contributed by atoms with Gasteiger partial charge in [0.25, 0.3) is 0 Å². The van der Waals surface area contributed by atoms with Gasteiger partial charge in [0.15, 0.2) is 0 Å². The zero-order valence-electron chi connectivity index (χ0n) is 10.3. The second kappa shape index (κ2) is 9.55. The molecule has 1 aliphatic heterocycles. The van der Waals surface area contributed by atoms with E-state index in [-0.39, 0.29) is 0 Å². The van der Waals surface area contributed by atoms with E-state index in [0.29, 0.717) is 0 Å². The van der Waals surface area contributed by atoms with Gasteiger partial charge in [0.05, 0.1) is 7.11 Å². The lowest BCUT2D eigenvalue weighted by Gasteiger charge is -2.13. The molecule has 0 bridgehead atoms. The van der Waals surface area contributed by atoms with Gasteiger partial charge in [-0.05, 0) is 25.9 Å². The van der Waals surface area contributed by atoms with Crippen LogP contribution in [0.2, 0.25) is 0 Å². The van der Waals surface area contributed by atoms with Crippen LogP contribution in [0.15, 0.2) is 12.7 Å². The van der Waals surface area contributed by atoms with Crippen molar-refractivity contribution in [1.82, 2.24) is 10.2 Å². The maximum Gasteiger partial charge on any atom is 0.397 e. The van der Waals surface area contributed by atoms with Crippen LogP contribution >= 0.6 is 0 Å². The highest BCUT2D eigenvalue weighted by Crippen LogP contribution is 2.05. The first-order valence-corrected chi connectivity index (χ1v) is 6.93. The third-order valence-electron chi connectivity index (χ3n) is 2.30. The topological polar surface area (TPSA) is 78.9 Å². The Bertz CT molecular complexity index is 287. The highest BCUT2D eigenvalue weighted by atomic mass is 32.3. The first-order chi connectivity index (χ1) is 7.99. The summed E-state index contributed by atoms with van der Waals surface area (Å²) in [5.74, 6) is 0. The Balaban J connectivity index is 0.000000366. The number of rotatable bonds is 6. The highest BCUT2D eigenvalue weighted by molar-refractivity contribution is 7.80. The van der Waals surface area contributed by atoms with E-state index in [1.165, 1.54) is 32.5 Å². The third-order valence-corrected chi connectivity index (χ3v) is 2.72. The molecule has 1 aliphatic rings. The third kappa shape index (κ3) is 11.8. The molecule has 102 valence electrons. The molecule has 2 N–H and O–H groups in total. The van der Waals surface area contributed by atoms with E-state index in [9.17, 15) is 8.42 Å². The summed E-state index contributed by atoms with van der Waals surface area (Å²) in [6.07, 6.45) is 4.69. The summed E-state index contributed by atoms with van der Waals surface area (Å²) >= 11 is 0. The summed E-state index contributed by atoms with van der Waals surface area (Å²) in [5, 5.41) is 3.30. The van der Waals surface area contributed by atoms with Crippen molar-refractivity contribution in [2.75, 3.05) is 39.8 Å². The molecule has 0 radical (unpaired) electrons. The average Bonchev–Trinajstić information content (AvgIpc) is 2.77. The lowest BCUT2D eigenvalue weighted by molar-refractivity contribution is 0.324. The van der Waals surface area contributed by atoms with Gasteiger partial charge in [-0.1, -0.05) is 6.08 Å². The molecule has 0 unspecified atom stereocenters. The van der Waals surface area contributed by atoms with Crippen molar-refractivity contribution in [3.63, 3.8) is 0 Å². The quantitative estimate of drug-likeness (QED) is 0.409. The van der Waals surface area contributed by atoms with Gasteiger partial charge in [-0.3, -0.25) is 8.74 Å². The van der Waals surface area contributed by atoms with Crippen LogP contribution in [0.5, 0.6) is 0 Å². The molecule has 0 amide bonds. The molecule has 0 aromatic rings. The summed E-state index contributed by atoms with van der Waals surface area (Å²) in [7, 11) is -3.29. The molecule has 0 aromatic carbocycles. The summed E-state index contributed by atoms with van der Waals surface area (Å²) in [4.78, 5) is 2.51. The Kier molecular flexibility index (Phi) is 9.28. The summed E-state index contributed by atoms with van der Waals surface area (Å²) < 4.78 is 29.7. The highest BCUT2D eigenvalue weighted by Gasteiger charge is 2.09. The Labute approximate surface area is 104 Å². The normalized spacial score (nSPS) is 16.4. The molecule has 0 atom stereocenters. The van der Waals surface area contributed by atoms with E-state index >= 15 is 0 Å². The lowest BCUT2D eigenvalue weighted by atomic mass is 10.4. The molecule has 0 aliphatic carbocycles. The van der Waals surface area contributed by atoms with Crippen molar-refractivity contribution in [2.24, 2.45) is 0 Å². The first kappa shape index (κ1) is 16.5. The molecule has 6 nitrogen and oxygen atoms in total. The van der Waals surface area contributed by atoms with Crippen molar-refractivity contribution >= 4 is 10.4 Å². The van der Waals surface area contributed by atoms with Gasteiger partial charge in [0, 0.05) is 19.6 Å². The number of nitrogens with one attached hydrogen (secondary N) is 1. The van der Waals surface area contributed by atoms with Crippen LogP contribution in [0.4, 0.5) is 0 Å². The van der Waals surface area contributed by atoms with Crippen molar-refractivity contribution in [1.29, 1.82) is 0 Å². The van der Waals surface area contributed by atoms with E-state index in [0.717, 1.165) is 20.2 Å². The van der Waals surface area contributed by atoms with Crippen LogP contribution in [0, 0.1) is 0 Å². The second-order valence-electron chi connectivity index (χ2n) is 3.64. The van der Waals surface area contributed by atoms with Crippen LogP contribution < -0.4 is 5.32 Å². The van der Waals surface area contributed by atoms with Gasteiger partial charge in [-0.2, -0.15) is 8.42 Å². The molecular weight excluding hydrogens is 244 g/mol. The Morgan fingerprint density at radius 2 is 2.00 bits per heavy atom. The largest absolute Gasteiger partial charge is 0.397 e. The van der Waals surface area contributed by atoms with Gasteiger partial charge >= 0.3 is 10.4 Å². The molecular formula is C10H22N2O4S. The zero-order chi connectivity index (χ0) is 13.1. The lowest BCUT2D eigenvalue weighted by Crippen LogP contribution is -2.29. The maximum atomic E-state index is 9.33. The van der Waals surface area contributed by atoms with Crippen molar-refractivity contribution in [2.45, 2.75) is 12.8 Å². The van der Waals surface area contributed by atoms with Crippen molar-refractivity contribution < 1.29 is 17.2 Å². The molecule has 0 aromatic heterocycles. The first-order valence-electron chi connectivity index (χ1n) is 5.56. The van der Waals surface area contributed by atoms with Crippen LogP contribution in [-0.2, 0) is 14.6 Å². The molecule has 0 spiro atoms. The zero-order valence-corrected chi connectivity index (χ0v) is 11.1. The van der Waals surface area contributed by atoms with Crippen LogP contribution in [-0.4, -0.2) is 57.7 Å². The number of nitrogens with zero attached hydrogens (tertiary/aromatic N) is 1. The minimum Gasteiger partial charge on any atom is -0.312 e. The maximum absolute atomic E-state index is 9.33. The molecule has 1 heterocycles.